The van der Waals surface area contributed by atoms with Gasteiger partial charge in [-0.25, -0.2) is 0 Å². The first kappa shape index (κ1) is 10.2. The maximum absolute atomic E-state index is 10.7. The van der Waals surface area contributed by atoms with Crippen LogP contribution in [0.25, 0.3) is 0 Å². The number of amides is 1. The topological polar surface area (TPSA) is 29.1 Å². The maximum Gasteiger partial charge on any atom is 0.296 e. The van der Waals surface area contributed by atoms with Crippen LogP contribution in [0.3, 0.4) is 0 Å². The number of carbonyl (C=O) groups excluding carboxylic acids is 1. The summed E-state index contributed by atoms with van der Waals surface area (Å²) in [5, 5.41) is 2.63. The summed E-state index contributed by atoms with van der Waals surface area (Å²) >= 11 is 2.83. The van der Waals surface area contributed by atoms with Crippen molar-refractivity contribution in [2.24, 2.45) is 0 Å². The van der Waals surface area contributed by atoms with Gasteiger partial charge in [-0.2, -0.15) is 0 Å². The van der Waals surface area contributed by atoms with Crippen LogP contribution in [0.2, 0.25) is 0 Å². The molecule has 2 nitrogen and oxygen atoms in total. The molecule has 0 radical (unpaired) electrons. The van der Waals surface area contributed by atoms with Gasteiger partial charge in [0.05, 0.1) is 0 Å². The van der Waals surface area contributed by atoms with E-state index in [1.165, 1.54) is 0 Å². The maximum atomic E-state index is 10.7. The van der Waals surface area contributed by atoms with Crippen LogP contribution in [-0.4, -0.2) is 12.5 Å². The van der Waals surface area contributed by atoms with E-state index in [9.17, 15) is 4.79 Å². The molecule has 0 aliphatic heterocycles. The van der Waals surface area contributed by atoms with Crippen LogP contribution < -0.4 is 5.32 Å². The molecular weight excluding hydrogens is 206 g/mol. The number of rotatable bonds is 4. The predicted octanol–water partition coefficient (Wildman–Crippen LogP) is 1.42. The highest BCUT2D eigenvalue weighted by atomic mass is 79.9. The Kier molecular flexibility index (Phi) is 6.86. The van der Waals surface area contributed by atoms with Crippen molar-refractivity contribution in [1.82, 2.24) is 5.32 Å². The molecule has 0 heterocycles. The third-order valence-electron chi connectivity index (χ3n) is 1.03. The second-order valence-corrected chi connectivity index (χ2v) is 2.30. The SMILES string of the molecule is C=CCCCNC(=O)C#CBr. The molecule has 0 saturated carbocycles. The second-order valence-electron chi connectivity index (χ2n) is 1.91. The molecule has 0 aromatic rings. The van der Waals surface area contributed by atoms with E-state index in [1.54, 1.807) is 0 Å². The zero-order valence-corrected chi connectivity index (χ0v) is 7.78. The number of hydrogen-bond acceptors (Lipinski definition) is 1. The summed E-state index contributed by atoms with van der Waals surface area (Å²) in [5.74, 6) is 2.07. The largest absolute Gasteiger partial charge is 0.345 e. The zero-order chi connectivity index (χ0) is 8.53. The van der Waals surface area contributed by atoms with Crippen molar-refractivity contribution in [3.05, 3.63) is 12.7 Å². The van der Waals surface area contributed by atoms with Crippen LogP contribution in [0.15, 0.2) is 12.7 Å². The Hall–Kier alpha value is -0.750. The number of nitrogens with one attached hydrogen (secondary N) is 1. The summed E-state index contributed by atoms with van der Waals surface area (Å²) < 4.78 is 0. The molecule has 0 aromatic carbocycles. The fourth-order valence-corrected chi connectivity index (χ4v) is 0.715. The first-order valence-corrected chi connectivity index (χ1v) is 4.11. The van der Waals surface area contributed by atoms with Crippen LogP contribution in [-0.2, 0) is 4.79 Å². The summed E-state index contributed by atoms with van der Waals surface area (Å²) in [6.07, 6.45) is 3.66. The van der Waals surface area contributed by atoms with Crippen LogP contribution in [0.1, 0.15) is 12.8 Å². The first-order chi connectivity index (χ1) is 5.31. The van der Waals surface area contributed by atoms with Crippen molar-refractivity contribution in [3.8, 4) is 10.8 Å². The Balaban J connectivity index is 3.29. The summed E-state index contributed by atoms with van der Waals surface area (Å²) in [7, 11) is 0. The second kappa shape index (κ2) is 7.36. The minimum atomic E-state index is -0.245. The van der Waals surface area contributed by atoms with Gasteiger partial charge in [0.2, 0.25) is 0 Å². The molecule has 0 aromatic heterocycles. The van der Waals surface area contributed by atoms with Gasteiger partial charge in [0.1, 0.15) is 0 Å². The Morgan fingerprint density at radius 1 is 1.73 bits per heavy atom. The van der Waals surface area contributed by atoms with Gasteiger partial charge in [0.25, 0.3) is 5.91 Å². The van der Waals surface area contributed by atoms with Crippen molar-refractivity contribution < 1.29 is 4.79 Å². The van der Waals surface area contributed by atoms with Gasteiger partial charge in [0.15, 0.2) is 0 Å². The average Bonchev–Trinajstić information content (AvgIpc) is 1.99. The van der Waals surface area contributed by atoms with E-state index in [2.05, 4.69) is 38.6 Å². The molecule has 0 aliphatic carbocycles. The highest BCUT2D eigenvalue weighted by Crippen LogP contribution is 1.85. The number of carbonyl (C=O) groups is 1. The van der Waals surface area contributed by atoms with Gasteiger partial charge in [-0.15, -0.1) is 6.58 Å². The smallest absolute Gasteiger partial charge is 0.296 e. The number of halogens is 1. The van der Waals surface area contributed by atoms with Crippen molar-refractivity contribution >= 4 is 21.8 Å². The molecule has 3 heteroatoms. The quantitative estimate of drug-likeness (QED) is 0.429. The molecule has 0 saturated heterocycles. The molecule has 0 aliphatic rings. The van der Waals surface area contributed by atoms with Gasteiger partial charge < -0.3 is 5.32 Å². The molecule has 0 atom stereocenters. The van der Waals surface area contributed by atoms with Crippen LogP contribution in [0.4, 0.5) is 0 Å². The molecule has 0 rings (SSSR count). The van der Waals surface area contributed by atoms with Crippen molar-refractivity contribution in [1.29, 1.82) is 0 Å². The lowest BCUT2D eigenvalue weighted by atomic mass is 10.3. The molecule has 0 bridgehead atoms. The standard InChI is InChI=1S/C8H10BrNO/c1-2-3-4-7-10-8(11)5-6-9/h2H,1,3-4,7H2,(H,10,11). The van der Waals surface area contributed by atoms with Crippen molar-refractivity contribution in [2.45, 2.75) is 12.8 Å². The molecule has 1 amide bonds. The van der Waals surface area contributed by atoms with Crippen molar-refractivity contribution in [2.75, 3.05) is 6.54 Å². The average molecular weight is 216 g/mol. The third kappa shape index (κ3) is 7.14. The zero-order valence-electron chi connectivity index (χ0n) is 6.19. The van der Waals surface area contributed by atoms with Crippen LogP contribution in [0.5, 0.6) is 0 Å². The van der Waals surface area contributed by atoms with E-state index in [0.29, 0.717) is 6.54 Å². The van der Waals surface area contributed by atoms with E-state index in [4.69, 9.17) is 0 Å². The highest BCUT2D eigenvalue weighted by Gasteiger charge is 1.91. The minimum Gasteiger partial charge on any atom is -0.345 e. The lowest BCUT2D eigenvalue weighted by molar-refractivity contribution is -0.115. The lowest BCUT2D eigenvalue weighted by Crippen LogP contribution is -2.22. The lowest BCUT2D eigenvalue weighted by Gasteiger charge is -1.96. The van der Waals surface area contributed by atoms with Gasteiger partial charge in [-0.05, 0) is 17.7 Å². The van der Waals surface area contributed by atoms with E-state index >= 15 is 0 Å². The number of allylic oxidation sites excluding steroid dienone is 1. The van der Waals surface area contributed by atoms with E-state index in [0.717, 1.165) is 12.8 Å². The Labute approximate surface area is 75.2 Å². The minimum absolute atomic E-state index is 0.245. The fourth-order valence-electron chi connectivity index (χ4n) is 0.535. The summed E-state index contributed by atoms with van der Waals surface area (Å²) in [4.78, 5) is 13.0. The van der Waals surface area contributed by atoms with Gasteiger partial charge in [-0.3, -0.25) is 4.79 Å². The molecule has 0 fully saturated rings. The van der Waals surface area contributed by atoms with E-state index in [1.807, 2.05) is 6.08 Å². The molecule has 60 valence electrons. The van der Waals surface area contributed by atoms with E-state index in [-0.39, 0.29) is 5.91 Å². The molecule has 0 unspecified atom stereocenters. The highest BCUT2D eigenvalue weighted by molar-refractivity contribution is 9.12. The molecule has 1 N–H and O–H groups in total. The third-order valence-corrected chi connectivity index (χ3v) is 1.23. The summed E-state index contributed by atoms with van der Waals surface area (Å²) in [5.41, 5.74) is 0. The van der Waals surface area contributed by atoms with E-state index < -0.39 is 0 Å². The summed E-state index contributed by atoms with van der Waals surface area (Å²) in [6.45, 7) is 4.22. The first-order valence-electron chi connectivity index (χ1n) is 3.31. The monoisotopic (exact) mass is 215 g/mol. The normalized spacial score (nSPS) is 7.73. The van der Waals surface area contributed by atoms with Gasteiger partial charge in [0, 0.05) is 28.4 Å². The van der Waals surface area contributed by atoms with Crippen LogP contribution in [0, 0.1) is 10.8 Å². The predicted molar refractivity (Wildman–Crippen MR) is 49.1 cm³/mol. The van der Waals surface area contributed by atoms with Crippen molar-refractivity contribution in [3.63, 3.8) is 0 Å². The molecule has 11 heavy (non-hydrogen) atoms. The fraction of sp³-hybridized carbons (Fsp3) is 0.375. The summed E-state index contributed by atoms with van der Waals surface area (Å²) in [6, 6.07) is 0. The number of hydrogen-bond donors (Lipinski definition) is 1. The Morgan fingerprint density at radius 3 is 3.00 bits per heavy atom. The molecule has 0 spiro atoms. The Morgan fingerprint density at radius 2 is 2.45 bits per heavy atom. The van der Waals surface area contributed by atoms with Gasteiger partial charge >= 0.3 is 0 Å². The molecular formula is C8H10BrNO. The number of unbranched alkanes of at least 4 members (excludes halogenated alkanes) is 1. The van der Waals surface area contributed by atoms with Gasteiger partial charge in [-0.1, -0.05) is 6.08 Å². The Bertz CT molecular complexity index is 190. The van der Waals surface area contributed by atoms with Crippen LogP contribution >= 0.6 is 15.9 Å².